The molecule has 3 fully saturated rings. The molecule has 1 aromatic rings. The second kappa shape index (κ2) is 9.62. The molecule has 1 aromatic carbocycles. The molecule has 2 saturated heterocycles. The van der Waals surface area contributed by atoms with Gasteiger partial charge in [-0.25, -0.2) is 0 Å². The molecule has 0 spiro atoms. The number of imide groups is 1. The van der Waals surface area contributed by atoms with Crippen LogP contribution in [0.3, 0.4) is 0 Å². The summed E-state index contributed by atoms with van der Waals surface area (Å²) in [6.07, 6.45) is 6.16. The van der Waals surface area contributed by atoms with E-state index in [1.807, 2.05) is 18.2 Å². The van der Waals surface area contributed by atoms with Gasteiger partial charge in [0.25, 0.3) is 5.91 Å². The van der Waals surface area contributed by atoms with Gasteiger partial charge in [-0.2, -0.15) is 0 Å². The second-order valence-electron chi connectivity index (χ2n) is 8.93. The Bertz CT molecular complexity index is 808. The van der Waals surface area contributed by atoms with E-state index >= 15 is 0 Å². The number of piperidine rings is 1. The average Bonchev–Trinajstić information content (AvgIpc) is 3.04. The van der Waals surface area contributed by atoms with Gasteiger partial charge in [0.2, 0.25) is 11.8 Å². The van der Waals surface area contributed by atoms with Crippen LogP contribution in [0, 0.1) is 17.8 Å². The highest BCUT2D eigenvalue weighted by Gasteiger charge is 2.48. The van der Waals surface area contributed by atoms with E-state index < -0.39 is 12.5 Å². The molecule has 2 aliphatic heterocycles. The van der Waals surface area contributed by atoms with Gasteiger partial charge in [0.15, 0.2) is 6.61 Å². The predicted octanol–water partition coefficient (Wildman–Crippen LogP) is 2.19. The van der Waals surface area contributed by atoms with Crippen molar-refractivity contribution < 1.29 is 23.9 Å². The summed E-state index contributed by atoms with van der Waals surface area (Å²) in [5.41, 5.74) is 1.31. The van der Waals surface area contributed by atoms with E-state index in [0.29, 0.717) is 31.8 Å². The van der Waals surface area contributed by atoms with E-state index in [-0.39, 0.29) is 36.2 Å². The fourth-order valence-corrected chi connectivity index (χ4v) is 5.13. The van der Waals surface area contributed by atoms with Crippen molar-refractivity contribution in [1.82, 2.24) is 9.80 Å². The Balaban J connectivity index is 1.19. The molecule has 166 valence electrons. The van der Waals surface area contributed by atoms with Gasteiger partial charge in [-0.3, -0.25) is 24.1 Å². The molecule has 0 bridgehead atoms. The van der Waals surface area contributed by atoms with Crippen LogP contribution in [0.25, 0.3) is 0 Å². The number of rotatable bonds is 6. The van der Waals surface area contributed by atoms with Crippen LogP contribution in [0.15, 0.2) is 30.3 Å². The summed E-state index contributed by atoms with van der Waals surface area (Å²) in [7, 11) is 0. The van der Waals surface area contributed by atoms with Gasteiger partial charge in [-0.1, -0.05) is 43.2 Å². The zero-order chi connectivity index (χ0) is 21.8. The third kappa shape index (κ3) is 4.97. The number of nitrogens with zero attached hydrogens (tertiary/aromatic N) is 2. The molecule has 1 aliphatic carbocycles. The standard InChI is InChI=1S/C24H30N2O5/c27-21(25-12-10-18(11-13-25)14-17-6-2-1-3-7-17)16-31-22(28)15-26-23(29)19-8-4-5-9-20(19)24(26)30/h1-3,6-7,18-20H,4-5,8-16H2/t19-,20-/m1/s1. The monoisotopic (exact) mass is 426 g/mol. The van der Waals surface area contributed by atoms with E-state index in [0.717, 1.165) is 37.0 Å². The van der Waals surface area contributed by atoms with Crippen LogP contribution < -0.4 is 0 Å². The maximum atomic E-state index is 12.5. The van der Waals surface area contributed by atoms with Crippen molar-refractivity contribution in [1.29, 1.82) is 0 Å². The minimum absolute atomic E-state index is 0.223. The number of amides is 3. The SMILES string of the molecule is O=C(CN1C(=O)[C@@H]2CCCC[C@H]2C1=O)OCC(=O)N1CCC(Cc2ccccc2)CC1. The van der Waals surface area contributed by atoms with E-state index in [4.69, 9.17) is 4.74 Å². The number of likely N-dealkylation sites (tertiary alicyclic amines) is 2. The van der Waals surface area contributed by atoms with Crippen LogP contribution >= 0.6 is 0 Å². The highest BCUT2D eigenvalue weighted by atomic mass is 16.5. The van der Waals surface area contributed by atoms with Crippen molar-refractivity contribution in [3.63, 3.8) is 0 Å². The lowest BCUT2D eigenvalue weighted by Gasteiger charge is -2.32. The molecule has 1 saturated carbocycles. The van der Waals surface area contributed by atoms with Gasteiger partial charge in [0.05, 0.1) is 11.8 Å². The van der Waals surface area contributed by atoms with Crippen molar-refractivity contribution in [3.8, 4) is 0 Å². The molecule has 3 aliphatic rings. The van der Waals surface area contributed by atoms with E-state index in [1.54, 1.807) is 4.90 Å². The molecular weight excluding hydrogens is 396 g/mol. The third-order valence-electron chi connectivity index (χ3n) is 6.91. The summed E-state index contributed by atoms with van der Waals surface area (Å²) in [4.78, 5) is 52.3. The zero-order valence-corrected chi connectivity index (χ0v) is 17.8. The molecule has 7 nitrogen and oxygen atoms in total. The summed E-state index contributed by atoms with van der Waals surface area (Å²) >= 11 is 0. The van der Waals surface area contributed by atoms with Crippen LogP contribution in [0.1, 0.15) is 44.1 Å². The van der Waals surface area contributed by atoms with Crippen molar-refractivity contribution in [2.75, 3.05) is 26.2 Å². The number of fused-ring (bicyclic) bond motifs is 1. The molecule has 7 heteroatoms. The van der Waals surface area contributed by atoms with Crippen LogP contribution in [-0.2, 0) is 30.3 Å². The molecular formula is C24H30N2O5. The highest BCUT2D eigenvalue weighted by Crippen LogP contribution is 2.37. The fourth-order valence-electron chi connectivity index (χ4n) is 5.13. The Morgan fingerprint density at radius 2 is 1.52 bits per heavy atom. The Morgan fingerprint density at radius 1 is 0.903 bits per heavy atom. The van der Waals surface area contributed by atoms with Gasteiger partial charge in [0.1, 0.15) is 6.54 Å². The largest absolute Gasteiger partial charge is 0.454 e. The van der Waals surface area contributed by atoms with Crippen LogP contribution in [-0.4, -0.2) is 59.7 Å². The summed E-state index contributed by atoms with van der Waals surface area (Å²) in [5.74, 6) is -1.48. The number of carbonyl (C=O) groups is 4. The average molecular weight is 427 g/mol. The highest BCUT2D eigenvalue weighted by molar-refractivity contribution is 6.07. The molecule has 31 heavy (non-hydrogen) atoms. The number of esters is 1. The normalized spacial score (nSPS) is 24.3. The van der Waals surface area contributed by atoms with Gasteiger partial charge < -0.3 is 9.64 Å². The Labute approximate surface area is 182 Å². The number of carbonyl (C=O) groups excluding carboxylic acids is 4. The van der Waals surface area contributed by atoms with Gasteiger partial charge in [-0.15, -0.1) is 0 Å². The van der Waals surface area contributed by atoms with Gasteiger partial charge in [0, 0.05) is 13.1 Å². The van der Waals surface area contributed by atoms with Gasteiger partial charge in [-0.05, 0) is 43.6 Å². The van der Waals surface area contributed by atoms with E-state index in [1.165, 1.54) is 5.56 Å². The lowest BCUT2D eigenvalue weighted by Crippen LogP contribution is -2.42. The smallest absolute Gasteiger partial charge is 0.326 e. The molecule has 0 N–H and O–H groups in total. The molecule has 0 radical (unpaired) electrons. The maximum Gasteiger partial charge on any atom is 0.326 e. The van der Waals surface area contributed by atoms with Crippen LogP contribution in [0.5, 0.6) is 0 Å². The summed E-state index contributed by atoms with van der Waals surface area (Å²) < 4.78 is 5.12. The quantitative estimate of drug-likeness (QED) is 0.514. The Hall–Kier alpha value is -2.70. The summed E-state index contributed by atoms with van der Waals surface area (Å²) in [6.45, 7) is 0.572. The second-order valence-corrected chi connectivity index (χ2v) is 8.93. The molecule has 0 aromatic heterocycles. The molecule has 4 rings (SSSR count). The van der Waals surface area contributed by atoms with Crippen molar-refractivity contribution in [2.24, 2.45) is 17.8 Å². The first kappa shape index (κ1) is 21.5. The minimum atomic E-state index is -0.701. The van der Waals surface area contributed by atoms with Crippen LogP contribution in [0.2, 0.25) is 0 Å². The van der Waals surface area contributed by atoms with E-state index in [9.17, 15) is 19.2 Å². The molecule has 2 atom stereocenters. The number of benzene rings is 1. The number of hydrogen-bond acceptors (Lipinski definition) is 5. The first-order chi connectivity index (χ1) is 15.0. The predicted molar refractivity (Wildman–Crippen MR) is 113 cm³/mol. The Morgan fingerprint density at radius 3 is 2.13 bits per heavy atom. The Kier molecular flexibility index (Phi) is 6.68. The molecule has 2 heterocycles. The fraction of sp³-hybridized carbons (Fsp3) is 0.583. The van der Waals surface area contributed by atoms with Gasteiger partial charge >= 0.3 is 5.97 Å². The van der Waals surface area contributed by atoms with Crippen molar-refractivity contribution in [3.05, 3.63) is 35.9 Å². The topological polar surface area (TPSA) is 84.0 Å². The van der Waals surface area contributed by atoms with Crippen LogP contribution in [0.4, 0.5) is 0 Å². The first-order valence-corrected chi connectivity index (χ1v) is 11.4. The van der Waals surface area contributed by atoms with Crippen molar-refractivity contribution in [2.45, 2.75) is 44.9 Å². The number of ether oxygens (including phenoxy) is 1. The minimum Gasteiger partial charge on any atom is -0.454 e. The maximum absolute atomic E-state index is 12.5. The first-order valence-electron chi connectivity index (χ1n) is 11.4. The van der Waals surface area contributed by atoms with E-state index in [2.05, 4.69) is 12.1 Å². The zero-order valence-electron chi connectivity index (χ0n) is 17.8. The van der Waals surface area contributed by atoms with Crippen molar-refractivity contribution >= 4 is 23.7 Å². The summed E-state index contributed by atoms with van der Waals surface area (Å²) in [6, 6.07) is 10.3. The lowest BCUT2D eigenvalue weighted by molar-refractivity contribution is -0.157. The molecule has 3 amide bonds. The third-order valence-corrected chi connectivity index (χ3v) is 6.91. The number of hydrogen-bond donors (Lipinski definition) is 0. The lowest BCUT2D eigenvalue weighted by atomic mass is 9.81. The molecule has 0 unspecified atom stereocenters. The summed E-state index contributed by atoms with van der Waals surface area (Å²) in [5, 5.41) is 0.